The minimum absolute atomic E-state index is 0.0988. The molecule has 0 unspecified atom stereocenters. The quantitative estimate of drug-likeness (QED) is 0.943. The predicted octanol–water partition coefficient (Wildman–Crippen LogP) is 3.28. The number of amides is 1. The van der Waals surface area contributed by atoms with Crippen LogP contribution >= 0.6 is 11.6 Å². The first-order valence-corrected chi connectivity index (χ1v) is 5.86. The number of nitrogens with one attached hydrogen (secondary N) is 1. The van der Waals surface area contributed by atoms with Crippen molar-refractivity contribution in [3.8, 4) is 5.75 Å². The zero-order valence-corrected chi connectivity index (χ0v) is 10.9. The number of aromatic nitrogens is 2. The Bertz CT molecular complexity index is 647. The number of hydrogen-bond acceptors (Lipinski definition) is 4. The molecular weight excluding hydrogens is 311 g/mol. The third kappa shape index (κ3) is 4.60. The molecule has 1 aromatic heterocycles. The highest BCUT2D eigenvalue weighted by Crippen LogP contribution is 2.22. The molecule has 0 aliphatic carbocycles. The Balaban J connectivity index is 2.06. The molecule has 0 fully saturated rings. The number of hydrogen-bond donors (Lipinski definition) is 1. The highest BCUT2D eigenvalue weighted by Gasteiger charge is 2.31. The third-order valence-corrected chi connectivity index (χ3v) is 2.38. The maximum atomic E-state index is 12.0. The van der Waals surface area contributed by atoms with Gasteiger partial charge in [0.05, 0.1) is 12.4 Å². The molecule has 9 heteroatoms. The molecule has 21 heavy (non-hydrogen) atoms. The van der Waals surface area contributed by atoms with Crippen LogP contribution in [0.3, 0.4) is 0 Å². The molecule has 1 heterocycles. The fraction of sp³-hybridized carbons (Fsp3) is 0.0833. The lowest BCUT2D eigenvalue weighted by Gasteiger charge is -2.09. The molecule has 110 valence electrons. The van der Waals surface area contributed by atoms with Gasteiger partial charge >= 0.3 is 6.36 Å². The van der Waals surface area contributed by atoms with Crippen LogP contribution in [0.4, 0.5) is 19.0 Å². The van der Waals surface area contributed by atoms with Gasteiger partial charge in [-0.3, -0.25) is 9.78 Å². The molecular formula is C12H7ClF3N3O2. The Labute approximate surface area is 121 Å². The van der Waals surface area contributed by atoms with E-state index in [2.05, 4.69) is 20.0 Å². The number of carbonyl (C=O) groups is 1. The minimum Gasteiger partial charge on any atom is -0.406 e. The van der Waals surface area contributed by atoms with Gasteiger partial charge in [0.2, 0.25) is 0 Å². The second-order valence-corrected chi connectivity index (χ2v) is 4.14. The number of alkyl halides is 3. The van der Waals surface area contributed by atoms with Gasteiger partial charge in [-0.05, 0) is 24.3 Å². The summed E-state index contributed by atoms with van der Waals surface area (Å²) in [4.78, 5) is 19.4. The number of halogens is 4. The predicted molar refractivity (Wildman–Crippen MR) is 68.1 cm³/mol. The van der Waals surface area contributed by atoms with Crippen molar-refractivity contribution >= 4 is 23.3 Å². The Kier molecular flexibility index (Phi) is 4.27. The van der Waals surface area contributed by atoms with E-state index < -0.39 is 18.0 Å². The molecule has 2 rings (SSSR count). The van der Waals surface area contributed by atoms with Crippen LogP contribution in [-0.4, -0.2) is 22.2 Å². The van der Waals surface area contributed by atoms with Crippen LogP contribution in [0, 0.1) is 0 Å². The molecule has 0 saturated carbocycles. The Hall–Kier alpha value is -2.35. The largest absolute Gasteiger partial charge is 0.573 e. The zero-order valence-electron chi connectivity index (χ0n) is 10.2. The van der Waals surface area contributed by atoms with Crippen molar-refractivity contribution in [2.45, 2.75) is 6.36 Å². The lowest BCUT2D eigenvalue weighted by atomic mass is 10.2. The van der Waals surface area contributed by atoms with Gasteiger partial charge in [-0.2, -0.15) is 0 Å². The lowest BCUT2D eigenvalue weighted by Crippen LogP contribution is -2.17. The number of nitrogens with zero attached hydrogens (tertiary/aromatic N) is 2. The average molecular weight is 318 g/mol. The van der Waals surface area contributed by atoms with Crippen LogP contribution in [0.1, 0.15) is 10.4 Å². The van der Waals surface area contributed by atoms with E-state index in [4.69, 9.17) is 11.6 Å². The molecule has 0 spiro atoms. The summed E-state index contributed by atoms with van der Waals surface area (Å²) in [6.07, 6.45) is -2.20. The summed E-state index contributed by atoms with van der Waals surface area (Å²) in [5.41, 5.74) is 0.131. The number of carbonyl (C=O) groups excluding carboxylic acids is 1. The van der Waals surface area contributed by atoms with Crippen LogP contribution in [0.15, 0.2) is 36.7 Å². The van der Waals surface area contributed by atoms with E-state index in [1.54, 1.807) is 0 Å². The molecule has 1 aromatic carbocycles. The highest BCUT2D eigenvalue weighted by atomic mass is 35.5. The molecule has 0 atom stereocenters. The van der Waals surface area contributed by atoms with E-state index in [1.807, 2.05) is 0 Å². The molecule has 1 amide bonds. The third-order valence-electron chi connectivity index (χ3n) is 2.20. The molecule has 0 aliphatic heterocycles. The van der Waals surface area contributed by atoms with Crippen molar-refractivity contribution in [2.75, 3.05) is 5.32 Å². The van der Waals surface area contributed by atoms with Crippen LogP contribution < -0.4 is 10.1 Å². The van der Waals surface area contributed by atoms with Gasteiger partial charge in [0.1, 0.15) is 10.9 Å². The molecule has 2 aromatic rings. The molecule has 5 nitrogen and oxygen atoms in total. The van der Waals surface area contributed by atoms with Gasteiger partial charge in [-0.25, -0.2) is 4.98 Å². The van der Waals surface area contributed by atoms with Crippen molar-refractivity contribution in [1.82, 2.24) is 9.97 Å². The van der Waals surface area contributed by atoms with Crippen LogP contribution in [-0.2, 0) is 0 Å². The van der Waals surface area contributed by atoms with Gasteiger partial charge in [-0.15, -0.1) is 13.2 Å². The maximum absolute atomic E-state index is 12.0. The summed E-state index contributed by atoms with van der Waals surface area (Å²) in [5.74, 6) is -0.852. The van der Waals surface area contributed by atoms with Gasteiger partial charge < -0.3 is 10.1 Å². The summed E-state index contributed by atoms with van der Waals surface area (Å²) >= 11 is 5.61. The number of anilines is 1. The monoisotopic (exact) mass is 317 g/mol. The van der Waals surface area contributed by atoms with Crippen molar-refractivity contribution in [2.24, 2.45) is 0 Å². The summed E-state index contributed by atoms with van der Waals surface area (Å²) in [6, 6.07) is 4.45. The Morgan fingerprint density at radius 3 is 2.43 bits per heavy atom. The number of rotatable bonds is 3. The van der Waals surface area contributed by atoms with E-state index in [9.17, 15) is 18.0 Å². The van der Waals surface area contributed by atoms with Gasteiger partial charge in [0.25, 0.3) is 5.91 Å². The summed E-state index contributed by atoms with van der Waals surface area (Å²) in [5, 5.41) is 2.51. The van der Waals surface area contributed by atoms with Gasteiger partial charge in [-0.1, -0.05) is 11.6 Å². The molecule has 0 aliphatic rings. The average Bonchev–Trinajstić information content (AvgIpc) is 2.37. The fourth-order valence-electron chi connectivity index (χ4n) is 1.40. The highest BCUT2D eigenvalue weighted by molar-refractivity contribution is 6.29. The normalized spacial score (nSPS) is 11.0. The first-order chi connectivity index (χ1) is 9.83. The smallest absolute Gasteiger partial charge is 0.406 e. The molecule has 0 bridgehead atoms. The van der Waals surface area contributed by atoms with Gasteiger partial charge in [0, 0.05) is 5.56 Å². The van der Waals surface area contributed by atoms with Crippen molar-refractivity contribution in [3.63, 3.8) is 0 Å². The maximum Gasteiger partial charge on any atom is 0.573 e. The first kappa shape index (κ1) is 15.0. The minimum atomic E-state index is -4.78. The van der Waals surface area contributed by atoms with Crippen molar-refractivity contribution in [1.29, 1.82) is 0 Å². The molecule has 0 saturated heterocycles. The summed E-state index contributed by atoms with van der Waals surface area (Å²) in [6.45, 7) is 0. The second-order valence-electron chi connectivity index (χ2n) is 3.75. The van der Waals surface area contributed by atoms with Crippen LogP contribution in [0.25, 0.3) is 0 Å². The van der Waals surface area contributed by atoms with E-state index in [0.717, 1.165) is 12.1 Å². The zero-order chi connectivity index (χ0) is 15.5. The summed E-state index contributed by atoms with van der Waals surface area (Å²) in [7, 11) is 0. The first-order valence-electron chi connectivity index (χ1n) is 5.48. The Morgan fingerprint density at radius 2 is 1.86 bits per heavy atom. The topological polar surface area (TPSA) is 64.1 Å². The second kappa shape index (κ2) is 5.96. The van der Waals surface area contributed by atoms with E-state index >= 15 is 0 Å². The van der Waals surface area contributed by atoms with Gasteiger partial charge in [0.15, 0.2) is 5.82 Å². The van der Waals surface area contributed by atoms with Crippen molar-refractivity contribution < 1.29 is 22.7 Å². The van der Waals surface area contributed by atoms with Crippen LogP contribution in [0.2, 0.25) is 5.15 Å². The number of benzene rings is 1. The van der Waals surface area contributed by atoms with Crippen LogP contribution in [0.5, 0.6) is 5.75 Å². The molecule has 1 N–H and O–H groups in total. The SMILES string of the molecule is O=C(Nc1cncc(Cl)n1)c1ccc(OC(F)(F)F)cc1. The van der Waals surface area contributed by atoms with Crippen molar-refractivity contribution in [3.05, 3.63) is 47.4 Å². The van der Waals surface area contributed by atoms with E-state index in [1.165, 1.54) is 24.5 Å². The molecule has 0 radical (unpaired) electrons. The fourth-order valence-corrected chi connectivity index (χ4v) is 1.55. The standard InChI is InChI=1S/C12H7ClF3N3O2/c13-9-5-17-6-10(18-9)19-11(20)7-1-3-8(4-2-7)21-12(14,15)16/h1-6H,(H,18,19,20). The number of ether oxygens (including phenoxy) is 1. The summed E-state index contributed by atoms with van der Waals surface area (Å²) < 4.78 is 39.7. The van der Waals surface area contributed by atoms with E-state index in [-0.39, 0.29) is 16.5 Å². The van der Waals surface area contributed by atoms with E-state index in [0.29, 0.717) is 0 Å². The lowest BCUT2D eigenvalue weighted by molar-refractivity contribution is -0.274. The Morgan fingerprint density at radius 1 is 1.19 bits per heavy atom.